The molecule has 0 saturated heterocycles. The van der Waals surface area contributed by atoms with Crippen molar-refractivity contribution in [3.05, 3.63) is 42.5 Å². The topological polar surface area (TPSA) is 73.9 Å². The highest BCUT2D eigenvalue weighted by Gasteiger charge is 2.15. The van der Waals surface area contributed by atoms with E-state index in [1.807, 2.05) is 31.2 Å². The fourth-order valence-corrected chi connectivity index (χ4v) is 1.78. The number of ether oxygens (including phenoxy) is 3. The van der Waals surface area contributed by atoms with E-state index >= 15 is 0 Å². The number of benzene rings is 1. The van der Waals surface area contributed by atoms with Crippen LogP contribution in [0.2, 0.25) is 0 Å². The Morgan fingerprint density at radius 1 is 1.38 bits per heavy atom. The quantitative estimate of drug-likeness (QED) is 0.380. The second-order valence-electron chi connectivity index (χ2n) is 5.24. The summed E-state index contributed by atoms with van der Waals surface area (Å²) in [6, 6.07) is 7.77. The Morgan fingerprint density at radius 2 is 2.17 bits per heavy atom. The van der Waals surface area contributed by atoms with E-state index in [0.29, 0.717) is 19.6 Å². The Hall–Kier alpha value is -2.34. The molecule has 0 bridgehead atoms. The smallest absolute Gasteiger partial charge is 0.335 e. The third-order valence-electron chi connectivity index (χ3n) is 3.04. The first-order chi connectivity index (χ1) is 11.5. The molecule has 132 valence electrons. The molecule has 0 saturated carbocycles. The standard InChI is InChI=1S/C18H25NO5/c1-4-10-22-15(3)18(21)24-13-17(20)19-9-6-11-23-16-8-5-7-14(2)12-16/h4-5,7-8,12,15H,1,6,9-11,13H2,2-3H3,(H,19,20). The van der Waals surface area contributed by atoms with Crippen LogP contribution in [0.1, 0.15) is 18.9 Å². The lowest BCUT2D eigenvalue weighted by Gasteiger charge is -2.11. The van der Waals surface area contributed by atoms with Crippen LogP contribution in [0.5, 0.6) is 5.75 Å². The van der Waals surface area contributed by atoms with Crippen LogP contribution >= 0.6 is 0 Å². The zero-order valence-electron chi connectivity index (χ0n) is 14.2. The lowest BCUT2D eigenvalue weighted by Crippen LogP contribution is -2.32. The highest BCUT2D eigenvalue weighted by Crippen LogP contribution is 2.12. The van der Waals surface area contributed by atoms with E-state index in [1.165, 1.54) is 6.08 Å². The fourth-order valence-electron chi connectivity index (χ4n) is 1.78. The van der Waals surface area contributed by atoms with Crippen LogP contribution in [0.25, 0.3) is 0 Å². The van der Waals surface area contributed by atoms with Crippen LogP contribution in [0, 0.1) is 6.92 Å². The molecule has 6 nitrogen and oxygen atoms in total. The molecule has 1 aromatic rings. The number of hydrogen-bond donors (Lipinski definition) is 1. The van der Waals surface area contributed by atoms with Crippen molar-refractivity contribution in [1.29, 1.82) is 0 Å². The predicted molar refractivity (Wildman–Crippen MR) is 90.9 cm³/mol. The number of carbonyl (C=O) groups excluding carboxylic acids is 2. The van der Waals surface area contributed by atoms with Gasteiger partial charge in [-0.3, -0.25) is 4.79 Å². The summed E-state index contributed by atoms with van der Waals surface area (Å²) in [5.41, 5.74) is 1.13. The van der Waals surface area contributed by atoms with E-state index in [0.717, 1.165) is 11.3 Å². The normalized spacial score (nSPS) is 11.4. The van der Waals surface area contributed by atoms with Crippen LogP contribution in [0.4, 0.5) is 0 Å². The lowest BCUT2D eigenvalue weighted by molar-refractivity contribution is -0.158. The zero-order valence-corrected chi connectivity index (χ0v) is 14.2. The Balaban J connectivity index is 2.09. The largest absolute Gasteiger partial charge is 0.494 e. The summed E-state index contributed by atoms with van der Waals surface area (Å²) >= 11 is 0. The molecule has 0 aliphatic rings. The molecule has 24 heavy (non-hydrogen) atoms. The molecule has 0 aliphatic heterocycles. The highest BCUT2D eigenvalue weighted by molar-refractivity contribution is 5.81. The molecule has 6 heteroatoms. The molecule has 0 heterocycles. The number of aryl methyl sites for hydroxylation is 1. The van der Waals surface area contributed by atoms with Gasteiger partial charge in [-0.2, -0.15) is 0 Å². The molecule has 0 aromatic heterocycles. The number of nitrogens with one attached hydrogen (secondary N) is 1. The van der Waals surface area contributed by atoms with Crippen LogP contribution in [-0.2, 0) is 19.1 Å². The Morgan fingerprint density at radius 3 is 2.88 bits per heavy atom. The number of carbonyl (C=O) groups is 2. The van der Waals surface area contributed by atoms with Crippen molar-refractivity contribution in [3.63, 3.8) is 0 Å². The molecule has 0 spiro atoms. The maximum Gasteiger partial charge on any atom is 0.335 e. The van der Waals surface area contributed by atoms with Gasteiger partial charge < -0.3 is 19.5 Å². The summed E-state index contributed by atoms with van der Waals surface area (Å²) in [5, 5.41) is 2.66. The second-order valence-corrected chi connectivity index (χ2v) is 5.24. The van der Waals surface area contributed by atoms with Gasteiger partial charge in [0.2, 0.25) is 0 Å². The molecule has 1 atom stereocenters. The van der Waals surface area contributed by atoms with Gasteiger partial charge >= 0.3 is 5.97 Å². The van der Waals surface area contributed by atoms with Crippen molar-refractivity contribution >= 4 is 11.9 Å². The van der Waals surface area contributed by atoms with E-state index in [2.05, 4.69) is 11.9 Å². The molecular formula is C18H25NO5. The third-order valence-corrected chi connectivity index (χ3v) is 3.04. The maximum absolute atomic E-state index is 11.6. The van der Waals surface area contributed by atoms with Gasteiger partial charge in [0.25, 0.3) is 5.91 Å². The van der Waals surface area contributed by atoms with Crippen molar-refractivity contribution in [2.45, 2.75) is 26.4 Å². The van der Waals surface area contributed by atoms with Crippen molar-refractivity contribution in [2.75, 3.05) is 26.4 Å². The number of amides is 1. The van der Waals surface area contributed by atoms with Gasteiger partial charge in [0.15, 0.2) is 12.7 Å². The average molecular weight is 335 g/mol. The number of esters is 1. The van der Waals surface area contributed by atoms with E-state index in [4.69, 9.17) is 14.2 Å². The Labute approximate surface area is 142 Å². The number of hydrogen-bond acceptors (Lipinski definition) is 5. The van der Waals surface area contributed by atoms with E-state index < -0.39 is 12.1 Å². The van der Waals surface area contributed by atoms with Crippen molar-refractivity contribution in [3.8, 4) is 5.75 Å². The van der Waals surface area contributed by atoms with Gasteiger partial charge in [-0.1, -0.05) is 18.2 Å². The van der Waals surface area contributed by atoms with Gasteiger partial charge in [-0.05, 0) is 38.0 Å². The first-order valence-electron chi connectivity index (χ1n) is 7.88. The lowest BCUT2D eigenvalue weighted by atomic mass is 10.2. The van der Waals surface area contributed by atoms with E-state index in [-0.39, 0.29) is 19.1 Å². The van der Waals surface area contributed by atoms with Crippen LogP contribution < -0.4 is 10.1 Å². The molecular weight excluding hydrogens is 310 g/mol. The van der Waals surface area contributed by atoms with Crippen LogP contribution in [-0.4, -0.2) is 44.3 Å². The minimum Gasteiger partial charge on any atom is -0.494 e. The second kappa shape index (κ2) is 11.2. The average Bonchev–Trinajstić information content (AvgIpc) is 2.57. The van der Waals surface area contributed by atoms with Gasteiger partial charge in [-0.15, -0.1) is 6.58 Å². The SMILES string of the molecule is C=CCOC(C)C(=O)OCC(=O)NCCCOc1cccc(C)c1. The first kappa shape index (κ1) is 19.7. The van der Waals surface area contributed by atoms with Crippen molar-refractivity contribution < 1.29 is 23.8 Å². The van der Waals surface area contributed by atoms with Gasteiger partial charge in [0.05, 0.1) is 13.2 Å². The summed E-state index contributed by atoms with van der Waals surface area (Å²) < 4.78 is 15.5. The number of rotatable bonds is 11. The maximum atomic E-state index is 11.6. The highest BCUT2D eigenvalue weighted by atomic mass is 16.6. The molecule has 1 rings (SSSR count). The van der Waals surface area contributed by atoms with Crippen LogP contribution in [0.15, 0.2) is 36.9 Å². The molecule has 0 aliphatic carbocycles. The summed E-state index contributed by atoms with van der Waals surface area (Å²) in [6.07, 6.45) is 1.47. The first-order valence-corrected chi connectivity index (χ1v) is 7.88. The van der Waals surface area contributed by atoms with E-state index in [9.17, 15) is 9.59 Å². The molecule has 0 radical (unpaired) electrons. The molecule has 1 unspecified atom stereocenters. The summed E-state index contributed by atoms with van der Waals surface area (Å²) in [5.74, 6) is -0.117. The monoisotopic (exact) mass is 335 g/mol. The van der Waals surface area contributed by atoms with Gasteiger partial charge in [0.1, 0.15) is 5.75 Å². The predicted octanol–water partition coefficient (Wildman–Crippen LogP) is 2.01. The summed E-state index contributed by atoms with van der Waals surface area (Å²) in [4.78, 5) is 23.1. The van der Waals surface area contributed by atoms with Crippen molar-refractivity contribution in [2.24, 2.45) is 0 Å². The molecule has 0 fully saturated rings. The van der Waals surface area contributed by atoms with E-state index in [1.54, 1.807) is 6.92 Å². The fraction of sp³-hybridized carbons (Fsp3) is 0.444. The Bertz CT molecular complexity index is 544. The molecule has 1 aromatic carbocycles. The minimum absolute atomic E-state index is 0.253. The van der Waals surface area contributed by atoms with Crippen molar-refractivity contribution in [1.82, 2.24) is 5.32 Å². The van der Waals surface area contributed by atoms with Crippen LogP contribution in [0.3, 0.4) is 0 Å². The summed E-state index contributed by atoms with van der Waals surface area (Å²) in [7, 11) is 0. The molecule has 1 N–H and O–H groups in total. The zero-order chi connectivity index (χ0) is 17.8. The Kier molecular flexibility index (Phi) is 9.23. The van der Waals surface area contributed by atoms with Gasteiger partial charge in [0, 0.05) is 6.54 Å². The summed E-state index contributed by atoms with van der Waals surface area (Å²) in [6.45, 7) is 7.93. The van der Waals surface area contributed by atoms with Gasteiger partial charge in [-0.25, -0.2) is 4.79 Å². The third kappa shape index (κ3) is 8.33. The molecule has 1 amide bonds. The minimum atomic E-state index is -0.724.